The van der Waals surface area contributed by atoms with E-state index < -0.39 is 28.1 Å². The maximum atomic E-state index is 12.8. The summed E-state index contributed by atoms with van der Waals surface area (Å²) in [6, 6.07) is 7.88. The summed E-state index contributed by atoms with van der Waals surface area (Å²) in [4.78, 5) is 26.6. The number of carbonyl (C=O) groups is 2. The highest BCUT2D eigenvalue weighted by Gasteiger charge is 2.38. The molecule has 1 saturated heterocycles. The monoisotopic (exact) mass is 503 g/mol. The number of hydrogen-bond donors (Lipinski definition) is 3. The molecule has 0 unspecified atom stereocenters. The van der Waals surface area contributed by atoms with E-state index in [2.05, 4.69) is 16.6 Å². The molecule has 1 aromatic heterocycles. The fourth-order valence-corrected chi connectivity index (χ4v) is 4.26. The molecule has 2 heterocycles. The van der Waals surface area contributed by atoms with Crippen LogP contribution in [0, 0.1) is 12.8 Å². The van der Waals surface area contributed by atoms with Gasteiger partial charge in [0.15, 0.2) is 5.82 Å². The highest BCUT2D eigenvalue weighted by atomic mass is 32.2. The zero-order valence-corrected chi connectivity index (χ0v) is 19.2. The highest BCUT2D eigenvalue weighted by Crippen LogP contribution is 2.30. The van der Waals surface area contributed by atoms with Crippen molar-refractivity contribution in [2.45, 2.75) is 37.8 Å². The number of aryl methyl sites for hydroxylation is 1. The van der Waals surface area contributed by atoms with Crippen molar-refractivity contribution in [2.75, 3.05) is 22.7 Å². The van der Waals surface area contributed by atoms with Gasteiger partial charge in [0.2, 0.25) is 0 Å². The Labute approximate surface area is 194 Å². The minimum absolute atomic E-state index is 0.0638. The van der Waals surface area contributed by atoms with Crippen LogP contribution in [0.3, 0.4) is 0 Å². The number of carboxylic acid groups (broad SMARTS) is 2. The van der Waals surface area contributed by atoms with E-state index >= 15 is 0 Å². The largest absolute Gasteiger partial charge is 0.490 e. The van der Waals surface area contributed by atoms with Gasteiger partial charge < -0.3 is 15.1 Å². The Morgan fingerprint density at radius 1 is 1.15 bits per heavy atom. The molecule has 1 fully saturated rings. The second-order valence-electron chi connectivity index (χ2n) is 7.79. The van der Waals surface area contributed by atoms with Gasteiger partial charge in [-0.05, 0) is 49.4 Å². The molecule has 34 heavy (non-hydrogen) atoms. The Balaban J connectivity index is 0.000000509. The van der Waals surface area contributed by atoms with Crippen molar-refractivity contribution in [1.29, 1.82) is 0 Å². The Bertz CT molecular complexity index is 1150. The van der Waals surface area contributed by atoms with Gasteiger partial charge in [0.1, 0.15) is 0 Å². The first-order valence-corrected chi connectivity index (χ1v) is 11.6. The maximum Gasteiger partial charge on any atom is 0.490 e. The Kier molecular flexibility index (Phi) is 8.48. The normalized spacial score (nSPS) is 14.7. The lowest BCUT2D eigenvalue weighted by Crippen LogP contribution is -2.34. The summed E-state index contributed by atoms with van der Waals surface area (Å²) in [5.74, 6) is -2.85. The molecular weight excluding hydrogens is 479 g/mol. The number of sulfonamides is 1. The molecule has 1 aliphatic heterocycles. The minimum Gasteiger partial charge on any atom is -0.478 e. The van der Waals surface area contributed by atoms with E-state index in [1.165, 1.54) is 18.3 Å². The first-order valence-electron chi connectivity index (χ1n) is 10.1. The Morgan fingerprint density at radius 2 is 1.74 bits per heavy atom. The lowest BCUT2D eigenvalue weighted by molar-refractivity contribution is -0.192. The van der Waals surface area contributed by atoms with Crippen molar-refractivity contribution in [3.05, 3.63) is 47.7 Å². The third kappa shape index (κ3) is 7.33. The fourth-order valence-electron chi connectivity index (χ4n) is 3.11. The molecule has 0 bridgehead atoms. The van der Waals surface area contributed by atoms with Crippen LogP contribution < -0.4 is 9.62 Å². The number of alkyl halides is 3. The van der Waals surface area contributed by atoms with Crippen molar-refractivity contribution >= 4 is 33.5 Å². The van der Waals surface area contributed by atoms with E-state index in [4.69, 9.17) is 9.90 Å². The average molecular weight is 503 g/mol. The van der Waals surface area contributed by atoms with E-state index in [-0.39, 0.29) is 16.1 Å². The molecule has 13 heteroatoms. The number of rotatable bonds is 5. The van der Waals surface area contributed by atoms with E-state index in [1.54, 1.807) is 12.1 Å². The average Bonchev–Trinajstić information content (AvgIpc) is 2.74. The number of carboxylic acids is 2. The third-order valence-corrected chi connectivity index (χ3v) is 6.35. The SMILES string of the molecule is Cc1cccc(S(=O)(=O)Nc2cc(C(=O)O)cnc2N2CCC(C)CC2)c1.O=C(O)C(F)(F)F. The lowest BCUT2D eigenvalue weighted by atomic mass is 9.99. The lowest BCUT2D eigenvalue weighted by Gasteiger charge is -2.32. The number of halogens is 3. The first kappa shape index (κ1) is 26.9. The van der Waals surface area contributed by atoms with Crippen LogP contribution in [-0.4, -0.2) is 54.8 Å². The van der Waals surface area contributed by atoms with Gasteiger partial charge in [0, 0.05) is 19.3 Å². The van der Waals surface area contributed by atoms with Crippen molar-refractivity contribution in [3.63, 3.8) is 0 Å². The molecular formula is C21H24F3N3O6S. The maximum absolute atomic E-state index is 12.8. The fraction of sp³-hybridized carbons (Fsp3) is 0.381. The molecule has 1 aliphatic rings. The number of aliphatic carboxylic acids is 1. The predicted molar refractivity (Wildman–Crippen MR) is 117 cm³/mol. The van der Waals surface area contributed by atoms with Crippen LogP contribution in [0.4, 0.5) is 24.7 Å². The van der Waals surface area contributed by atoms with Crippen LogP contribution in [0.5, 0.6) is 0 Å². The quantitative estimate of drug-likeness (QED) is 0.561. The van der Waals surface area contributed by atoms with E-state index in [9.17, 15) is 31.5 Å². The zero-order valence-electron chi connectivity index (χ0n) is 18.3. The van der Waals surface area contributed by atoms with Gasteiger partial charge in [-0.1, -0.05) is 19.1 Å². The molecule has 3 N–H and O–H groups in total. The van der Waals surface area contributed by atoms with E-state index in [0.29, 0.717) is 11.7 Å². The molecule has 0 aliphatic carbocycles. The van der Waals surface area contributed by atoms with Gasteiger partial charge in [-0.25, -0.2) is 23.0 Å². The number of hydrogen-bond acceptors (Lipinski definition) is 6. The number of pyridine rings is 1. The number of nitrogens with zero attached hydrogens (tertiary/aromatic N) is 2. The number of benzene rings is 1. The van der Waals surface area contributed by atoms with Gasteiger partial charge in [-0.3, -0.25) is 4.72 Å². The second kappa shape index (κ2) is 10.7. The molecule has 0 saturated carbocycles. The molecule has 3 rings (SSSR count). The second-order valence-corrected chi connectivity index (χ2v) is 9.48. The standard InChI is InChI=1S/C19H23N3O4S.C2HF3O2/c1-13-6-8-22(9-7-13)18-17(11-15(12-20-18)19(23)24)21-27(25,26)16-5-3-4-14(2)10-16;3-2(4,5)1(6)7/h3-5,10-13,21H,6-9H2,1-2H3,(H,23,24);(H,6,7). The number of piperidine rings is 1. The summed E-state index contributed by atoms with van der Waals surface area (Å²) in [7, 11) is -3.86. The van der Waals surface area contributed by atoms with Gasteiger partial charge in [0.25, 0.3) is 10.0 Å². The first-order chi connectivity index (χ1) is 15.7. The molecule has 0 amide bonds. The smallest absolute Gasteiger partial charge is 0.478 e. The van der Waals surface area contributed by atoms with Gasteiger partial charge in [0.05, 0.1) is 16.1 Å². The summed E-state index contributed by atoms with van der Waals surface area (Å²) in [5, 5.41) is 16.4. The zero-order chi connectivity index (χ0) is 25.7. The van der Waals surface area contributed by atoms with Gasteiger partial charge in [-0.2, -0.15) is 13.2 Å². The molecule has 0 atom stereocenters. The van der Waals surface area contributed by atoms with Crippen molar-refractivity contribution in [1.82, 2.24) is 4.98 Å². The molecule has 9 nitrogen and oxygen atoms in total. The molecule has 0 spiro atoms. The topological polar surface area (TPSA) is 137 Å². The van der Waals surface area contributed by atoms with Crippen LogP contribution in [0.15, 0.2) is 41.4 Å². The highest BCUT2D eigenvalue weighted by molar-refractivity contribution is 7.92. The summed E-state index contributed by atoms with van der Waals surface area (Å²) >= 11 is 0. The van der Waals surface area contributed by atoms with Crippen molar-refractivity contribution < 1.29 is 41.4 Å². The molecule has 1 aromatic carbocycles. The summed E-state index contributed by atoms with van der Waals surface area (Å²) in [6.45, 7) is 5.49. The van der Waals surface area contributed by atoms with Crippen LogP contribution in [0.2, 0.25) is 0 Å². The Morgan fingerprint density at radius 3 is 2.24 bits per heavy atom. The summed E-state index contributed by atoms with van der Waals surface area (Å²) in [5.41, 5.74) is 0.942. The van der Waals surface area contributed by atoms with Crippen LogP contribution in [0.25, 0.3) is 0 Å². The van der Waals surface area contributed by atoms with Gasteiger partial charge >= 0.3 is 18.1 Å². The predicted octanol–water partition coefficient (Wildman–Crippen LogP) is 3.76. The van der Waals surface area contributed by atoms with Gasteiger partial charge in [-0.15, -0.1) is 0 Å². The van der Waals surface area contributed by atoms with Crippen molar-refractivity contribution in [3.8, 4) is 0 Å². The minimum atomic E-state index is -5.08. The molecule has 2 aromatic rings. The molecule has 0 radical (unpaired) electrons. The number of nitrogens with one attached hydrogen (secondary N) is 1. The van der Waals surface area contributed by atoms with E-state index in [1.807, 2.05) is 17.9 Å². The number of aromatic carboxylic acids is 1. The third-order valence-electron chi connectivity index (χ3n) is 4.98. The summed E-state index contributed by atoms with van der Waals surface area (Å²) < 4.78 is 59.9. The van der Waals surface area contributed by atoms with Crippen LogP contribution >= 0.6 is 0 Å². The van der Waals surface area contributed by atoms with Crippen molar-refractivity contribution in [2.24, 2.45) is 5.92 Å². The number of anilines is 2. The van der Waals surface area contributed by atoms with Crippen LogP contribution in [0.1, 0.15) is 35.7 Å². The van der Waals surface area contributed by atoms with E-state index in [0.717, 1.165) is 31.5 Å². The molecule has 186 valence electrons. The number of aromatic nitrogens is 1. The summed E-state index contributed by atoms with van der Waals surface area (Å²) in [6.07, 6.45) is -1.86. The van der Waals surface area contributed by atoms with Crippen LogP contribution in [-0.2, 0) is 14.8 Å². The Hall–Kier alpha value is -3.35.